The van der Waals surface area contributed by atoms with E-state index in [-0.39, 0.29) is 19.1 Å². The van der Waals surface area contributed by atoms with Gasteiger partial charge in [0.2, 0.25) is 0 Å². The first kappa shape index (κ1) is 17.2. The molecule has 2 rings (SSSR count). The monoisotopic (exact) mass is 326 g/mol. The molecule has 0 aromatic heterocycles. The van der Waals surface area contributed by atoms with Crippen molar-refractivity contribution in [2.45, 2.75) is 45.2 Å². The first-order chi connectivity index (χ1) is 10.6. The minimum Gasteiger partial charge on any atom is -0.426 e. The summed E-state index contributed by atoms with van der Waals surface area (Å²) in [4.78, 5) is 12.5. The van der Waals surface area contributed by atoms with E-state index in [1.54, 1.807) is 19.9 Å². The van der Waals surface area contributed by atoms with Gasteiger partial charge < -0.3 is 13.8 Å². The molecule has 0 fully saturated rings. The van der Waals surface area contributed by atoms with Gasteiger partial charge in [0.05, 0.1) is 13.2 Å². The highest BCUT2D eigenvalue weighted by atomic mass is 31.2. The largest absolute Gasteiger partial charge is 0.426 e. The van der Waals surface area contributed by atoms with E-state index >= 15 is 0 Å². The molecular weight excluding hydrogens is 303 g/mol. The molecular formula is C16H23O5P. The van der Waals surface area contributed by atoms with Crippen molar-refractivity contribution >= 4 is 13.6 Å². The Hall–Kier alpha value is -1.16. The second-order valence-corrected chi connectivity index (χ2v) is 7.33. The molecule has 0 radical (unpaired) electrons. The van der Waals surface area contributed by atoms with Crippen LogP contribution in [0, 0.1) is 0 Å². The standard InChI is InChI=1S/C16H23O5P/c1-4-9-13-12-10-7-8-11-14(12)21-16(17)15(13)22(18,19-5-2)20-6-3/h7-8,10-11,13,15H,4-6,9H2,1-3H3. The van der Waals surface area contributed by atoms with Gasteiger partial charge in [0.25, 0.3) is 0 Å². The average Bonchev–Trinajstić information content (AvgIpc) is 2.47. The van der Waals surface area contributed by atoms with Crippen molar-refractivity contribution in [1.29, 1.82) is 0 Å². The molecule has 2 unspecified atom stereocenters. The topological polar surface area (TPSA) is 61.8 Å². The summed E-state index contributed by atoms with van der Waals surface area (Å²) in [5.74, 6) is -0.199. The number of benzene rings is 1. The number of carbonyl (C=O) groups is 1. The lowest BCUT2D eigenvalue weighted by Gasteiger charge is -2.35. The Labute approximate surface area is 131 Å². The van der Waals surface area contributed by atoms with Crippen LogP contribution in [0.5, 0.6) is 5.75 Å². The van der Waals surface area contributed by atoms with Gasteiger partial charge in [-0.25, -0.2) is 0 Å². The summed E-state index contributed by atoms with van der Waals surface area (Å²) >= 11 is 0. The van der Waals surface area contributed by atoms with Crippen molar-refractivity contribution < 1.29 is 23.1 Å². The molecule has 1 aromatic rings. The number of fused-ring (bicyclic) bond motifs is 1. The fraction of sp³-hybridized carbons (Fsp3) is 0.562. The second-order valence-electron chi connectivity index (χ2n) is 5.17. The predicted molar refractivity (Wildman–Crippen MR) is 84.4 cm³/mol. The summed E-state index contributed by atoms with van der Waals surface area (Å²) in [6.07, 6.45) is 1.59. The Morgan fingerprint density at radius 1 is 1.14 bits per heavy atom. The van der Waals surface area contributed by atoms with Crippen LogP contribution < -0.4 is 4.74 Å². The van der Waals surface area contributed by atoms with Gasteiger partial charge in [-0.15, -0.1) is 0 Å². The number of esters is 1. The second kappa shape index (κ2) is 7.40. The third kappa shape index (κ3) is 3.27. The Bertz CT molecular complexity index is 561. The van der Waals surface area contributed by atoms with Crippen LogP contribution in [0.25, 0.3) is 0 Å². The number of hydrogen-bond acceptors (Lipinski definition) is 5. The van der Waals surface area contributed by atoms with Gasteiger partial charge in [-0.3, -0.25) is 9.36 Å². The number of rotatable bonds is 7. The van der Waals surface area contributed by atoms with Crippen molar-refractivity contribution in [1.82, 2.24) is 0 Å². The van der Waals surface area contributed by atoms with Gasteiger partial charge in [0, 0.05) is 5.92 Å². The van der Waals surface area contributed by atoms with E-state index in [0.29, 0.717) is 5.75 Å². The van der Waals surface area contributed by atoms with E-state index in [9.17, 15) is 9.36 Å². The number of hydrogen-bond donors (Lipinski definition) is 0. The molecule has 22 heavy (non-hydrogen) atoms. The molecule has 5 nitrogen and oxygen atoms in total. The van der Waals surface area contributed by atoms with Crippen LogP contribution in [0.3, 0.4) is 0 Å². The molecule has 0 spiro atoms. The molecule has 0 N–H and O–H groups in total. The summed E-state index contributed by atoms with van der Waals surface area (Å²) in [7, 11) is -3.57. The minimum absolute atomic E-state index is 0.216. The minimum atomic E-state index is -3.57. The van der Waals surface area contributed by atoms with Crippen LogP contribution in [0.1, 0.15) is 45.1 Å². The van der Waals surface area contributed by atoms with Crippen LogP contribution in [-0.4, -0.2) is 24.8 Å². The zero-order valence-electron chi connectivity index (χ0n) is 13.3. The maximum Gasteiger partial charge on any atom is 0.345 e. The first-order valence-electron chi connectivity index (χ1n) is 7.76. The third-order valence-corrected chi connectivity index (χ3v) is 6.20. The molecule has 1 aliphatic rings. The van der Waals surface area contributed by atoms with Gasteiger partial charge in [0.15, 0.2) is 5.66 Å². The molecule has 0 bridgehead atoms. The Morgan fingerprint density at radius 3 is 2.36 bits per heavy atom. The quantitative estimate of drug-likeness (QED) is 0.428. The molecule has 1 heterocycles. The van der Waals surface area contributed by atoms with Crippen LogP contribution >= 0.6 is 7.60 Å². The fourth-order valence-corrected chi connectivity index (χ4v) is 5.09. The van der Waals surface area contributed by atoms with Gasteiger partial charge in [0.1, 0.15) is 5.75 Å². The highest BCUT2D eigenvalue weighted by Crippen LogP contribution is 2.60. The number of ether oxygens (including phenoxy) is 1. The molecule has 2 atom stereocenters. The lowest BCUT2D eigenvalue weighted by Crippen LogP contribution is -2.37. The van der Waals surface area contributed by atoms with Crippen LogP contribution in [0.4, 0.5) is 0 Å². The van der Waals surface area contributed by atoms with E-state index in [4.69, 9.17) is 13.8 Å². The molecule has 0 saturated carbocycles. The van der Waals surface area contributed by atoms with Gasteiger partial charge in [-0.05, 0) is 31.9 Å². The Morgan fingerprint density at radius 2 is 1.77 bits per heavy atom. The fourth-order valence-electron chi connectivity index (χ4n) is 2.91. The number of carbonyl (C=O) groups excluding carboxylic acids is 1. The smallest absolute Gasteiger partial charge is 0.345 e. The van der Waals surface area contributed by atoms with Crippen LogP contribution in [0.2, 0.25) is 0 Å². The lowest BCUT2D eigenvalue weighted by atomic mass is 9.88. The summed E-state index contributed by atoms with van der Waals surface area (Å²) in [5, 5.41) is 0. The molecule has 0 amide bonds. The summed E-state index contributed by atoms with van der Waals surface area (Å²) in [5.41, 5.74) is -0.00386. The van der Waals surface area contributed by atoms with Crippen molar-refractivity contribution in [3.8, 4) is 5.75 Å². The normalized spacial score (nSPS) is 21.3. The van der Waals surface area contributed by atoms with E-state index in [0.717, 1.165) is 18.4 Å². The Balaban J connectivity index is 2.48. The first-order valence-corrected chi connectivity index (χ1v) is 9.38. The van der Waals surface area contributed by atoms with E-state index in [1.165, 1.54) is 0 Å². The molecule has 1 aromatic carbocycles. The van der Waals surface area contributed by atoms with Crippen molar-refractivity contribution in [3.05, 3.63) is 29.8 Å². The van der Waals surface area contributed by atoms with Crippen molar-refractivity contribution in [2.24, 2.45) is 0 Å². The molecule has 1 aliphatic heterocycles. The van der Waals surface area contributed by atoms with Crippen molar-refractivity contribution in [3.63, 3.8) is 0 Å². The third-order valence-electron chi connectivity index (χ3n) is 3.71. The lowest BCUT2D eigenvalue weighted by molar-refractivity contribution is -0.136. The maximum absolute atomic E-state index is 13.1. The average molecular weight is 326 g/mol. The molecule has 0 aliphatic carbocycles. The van der Waals surface area contributed by atoms with Crippen LogP contribution in [0.15, 0.2) is 24.3 Å². The van der Waals surface area contributed by atoms with Crippen LogP contribution in [-0.2, 0) is 18.4 Å². The summed E-state index contributed by atoms with van der Waals surface area (Å²) in [6, 6.07) is 7.39. The van der Waals surface area contributed by atoms with Crippen molar-refractivity contribution in [2.75, 3.05) is 13.2 Å². The highest BCUT2D eigenvalue weighted by molar-refractivity contribution is 7.55. The predicted octanol–water partition coefficient (Wildman–Crippen LogP) is 4.12. The number of para-hydroxylation sites is 1. The molecule has 0 saturated heterocycles. The summed E-state index contributed by atoms with van der Waals surface area (Å²) in [6.45, 7) is 5.96. The Kier molecular flexibility index (Phi) is 5.79. The van der Waals surface area contributed by atoms with E-state index in [1.807, 2.05) is 25.1 Å². The highest BCUT2D eigenvalue weighted by Gasteiger charge is 2.50. The molecule has 6 heteroatoms. The zero-order valence-corrected chi connectivity index (χ0v) is 14.2. The zero-order chi connectivity index (χ0) is 16.2. The van der Waals surface area contributed by atoms with Gasteiger partial charge >= 0.3 is 13.6 Å². The van der Waals surface area contributed by atoms with Gasteiger partial charge in [-0.1, -0.05) is 31.5 Å². The van der Waals surface area contributed by atoms with E-state index < -0.39 is 19.2 Å². The maximum atomic E-state index is 13.1. The van der Waals surface area contributed by atoms with Gasteiger partial charge in [-0.2, -0.15) is 0 Å². The summed E-state index contributed by atoms with van der Waals surface area (Å²) < 4.78 is 29.3. The SMILES string of the molecule is CCCC1c2ccccc2OC(=O)C1P(=O)(OCC)OCC. The molecule has 122 valence electrons. The van der Waals surface area contributed by atoms with E-state index in [2.05, 4.69) is 0 Å².